The van der Waals surface area contributed by atoms with Crippen molar-refractivity contribution >= 4 is 21.6 Å². The van der Waals surface area contributed by atoms with Crippen LogP contribution in [-0.4, -0.2) is 68.0 Å². The number of nitrogens with one attached hydrogen (secondary N) is 1. The van der Waals surface area contributed by atoms with Crippen LogP contribution in [0.15, 0.2) is 18.2 Å². The van der Waals surface area contributed by atoms with E-state index in [9.17, 15) is 13.2 Å². The van der Waals surface area contributed by atoms with Crippen molar-refractivity contribution < 1.29 is 13.2 Å². The number of carbonyl (C=O) groups excluding carboxylic acids is 1. The third-order valence-corrected chi connectivity index (χ3v) is 6.55. The molecule has 1 N–H and O–H groups in total. The fourth-order valence-corrected chi connectivity index (χ4v) is 5.36. The lowest BCUT2D eigenvalue weighted by molar-refractivity contribution is 0.121. The fourth-order valence-electron chi connectivity index (χ4n) is 3.60. The molecule has 0 bridgehead atoms. The average Bonchev–Trinajstić information content (AvgIpc) is 2.86. The van der Waals surface area contributed by atoms with Crippen molar-refractivity contribution in [3.63, 3.8) is 0 Å². The number of hydrogen-bond acceptors (Lipinski definition) is 4. The molecular formula is C17H25N3O3S. The van der Waals surface area contributed by atoms with Gasteiger partial charge in [0.1, 0.15) is 0 Å². The van der Waals surface area contributed by atoms with Gasteiger partial charge in [0, 0.05) is 37.9 Å². The average molecular weight is 351 g/mol. The Labute approximate surface area is 143 Å². The summed E-state index contributed by atoms with van der Waals surface area (Å²) in [6.45, 7) is 6.76. The molecule has 0 saturated carbocycles. The molecule has 24 heavy (non-hydrogen) atoms. The minimum atomic E-state index is -2.86. The van der Waals surface area contributed by atoms with E-state index in [1.165, 1.54) is 0 Å². The van der Waals surface area contributed by atoms with E-state index >= 15 is 0 Å². The molecule has 2 aliphatic rings. The SMILES string of the molecule is Cc1cc(C)cc(NC(=O)N2CCN(C3CCS(=O)(=O)C3)CC2)c1. The minimum absolute atomic E-state index is 0.0845. The second kappa shape index (κ2) is 6.72. The van der Waals surface area contributed by atoms with E-state index in [1.54, 1.807) is 4.90 Å². The summed E-state index contributed by atoms with van der Waals surface area (Å²) in [4.78, 5) is 16.4. The Balaban J connectivity index is 1.53. The molecular weight excluding hydrogens is 326 g/mol. The standard InChI is InChI=1S/C17H25N3O3S/c1-13-9-14(2)11-15(10-13)18-17(21)20-6-4-19(5-7-20)16-3-8-24(22,23)12-16/h9-11,16H,3-8,12H2,1-2H3,(H,18,21). The van der Waals surface area contributed by atoms with Crippen LogP contribution in [-0.2, 0) is 9.84 Å². The van der Waals surface area contributed by atoms with E-state index < -0.39 is 9.84 Å². The lowest BCUT2D eigenvalue weighted by atomic mass is 10.1. The van der Waals surface area contributed by atoms with Gasteiger partial charge in [-0.1, -0.05) is 6.07 Å². The zero-order valence-corrected chi connectivity index (χ0v) is 15.1. The van der Waals surface area contributed by atoms with Crippen molar-refractivity contribution in [2.75, 3.05) is 43.0 Å². The quantitative estimate of drug-likeness (QED) is 0.879. The molecule has 1 aromatic carbocycles. The van der Waals surface area contributed by atoms with Crippen LogP contribution in [0.1, 0.15) is 17.5 Å². The Hall–Kier alpha value is -1.60. The highest BCUT2D eigenvalue weighted by Gasteiger charge is 2.34. The summed E-state index contributed by atoms with van der Waals surface area (Å²) in [5, 5.41) is 2.96. The lowest BCUT2D eigenvalue weighted by Gasteiger charge is -2.37. The number of piperazine rings is 1. The molecule has 7 heteroatoms. The number of amides is 2. The van der Waals surface area contributed by atoms with E-state index in [2.05, 4.69) is 16.3 Å². The van der Waals surface area contributed by atoms with E-state index in [-0.39, 0.29) is 17.8 Å². The zero-order chi connectivity index (χ0) is 17.3. The topological polar surface area (TPSA) is 69.7 Å². The Morgan fingerprint density at radius 2 is 1.71 bits per heavy atom. The van der Waals surface area contributed by atoms with Gasteiger partial charge in [0.2, 0.25) is 0 Å². The third kappa shape index (κ3) is 4.08. The molecule has 2 heterocycles. The number of carbonyl (C=O) groups is 1. The van der Waals surface area contributed by atoms with Crippen LogP contribution in [0.5, 0.6) is 0 Å². The number of nitrogens with zero attached hydrogens (tertiary/aromatic N) is 2. The van der Waals surface area contributed by atoms with Gasteiger partial charge < -0.3 is 10.2 Å². The molecule has 1 aromatic rings. The van der Waals surface area contributed by atoms with Crippen LogP contribution >= 0.6 is 0 Å². The third-order valence-electron chi connectivity index (χ3n) is 4.80. The predicted octanol–water partition coefficient (Wildman–Crippen LogP) is 1.64. The Morgan fingerprint density at radius 1 is 1.08 bits per heavy atom. The highest BCUT2D eigenvalue weighted by atomic mass is 32.2. The largest absolute Gasteiger partial charge is 0.322 e. The van der Waals surface area contributed by atoms with E-state index in [0.29, 0.717) is 18.8 Å². The molecule has 2 amide bonds. The molecule has 0 aliphatic carbocycles. The van der Waals surface area contributed by atoms with Crippen molar-refractivity contribution in [1.29, 1.82) is 0 Å². The summed E-state index contributed by atoms with van der Waals surface area (Å²) < 4.78 is 23.2. The van der Waals surface area contributed by atoms with Gasteiger partial charge in [0.25, 0.3) is 0 Å². The number of hydrogen-bond donors (Lipinski definition) is 1. The highest BCUT2D eigenvalue weighted by Crippen LogP contribution is 2.20. The molecule has 132 valence electrons. The van der Waals surface area contributed by atoms with Crippen LogP contribution in [0.2, 0.25) is 0 Å². The number of anilines is 1. The molecule has 1 atom stereocenters. The molecule has 0 spiro atoms. The second-order valence-corrected chi connectivity index (χ2v) is 9.12. The van der Waals surface area contributed by atoms with Crippen LogP contribution in [0.3, 0.4) is 0 Å². The van der Waals surface area contributed by atoms with Crippen LogP contribution in [0, 0.1) is 13.8 Å². The number of sulfone groups is 1. The van der Waals surface area contributed by atoms with Crippen molar-refractivity contribution in [1.82, 2.24) is 9.80 Å². The van der Waals surface area contributed by atoms with Crippen LogP contribution in [0.25, 0.3) is 0 Å². The normalized spacial score (nSPS) is 24.1. The Bertz CT molecular complexity index is 704. The van der Waals surface area contributed by atoms with Gasteiger partial charge in [0.15, 0.2) is 9.84 Å². The molecule has 2 aliphatic heterocycles. The maximum atomic E-state index is 12.4. The molecule has 3 rings (SSSR count). The Morgan fingerprint density at radius 3 is 2.25 bits per heavy atom. The van der Waals surface area contributed by atoms with E-state index in [1.807, 2.05) is 26.0 Å². The first-order valence-electron chi connectivity index (χ1n) is 8.41. The first-order chi connectivity index (χ1) is 11.3. The van der Waals surface area contributed by atoms with Gasteiger partial charge in [-0.05, 0) is 43.5 Å². The van der Waals surface area contributed by atoms with Crippen molar-refractivity contribution in [2.24, 2.45) is 0 Å². The maximum Gasteiger partial charge on any atom is 0.321 e. The van der Waals surface area contributed by atoms with Crippen molar-refractivity contribution in [2.45, 2.75) is 26.3 Å². The fraction of sp³-hybridized carbons (Fsp3) is 0.588. The van der Waals surface area contributed by atoms with Gasteiger partial charge in [-0.15, -0.1) is 0 Å². The first kappa shape index (κ1) is 17.2. The van der Waals surface area contributed by atoms with Gasteiger partial charge in [-0.2, -0.15) is 0 Å². The Kier molecular flexibility index (Phi) is 4.83. The monoisotopic (exact) mass is 351 g/mol. The lowest BCUT2D eigenvalue weighted by Crippen LogP contribution is -2.53. The molecule has 6 nitrogen and oxygen atoms in total. The number of urea groups is 1. The first-order valence-corrected chi connectivity index (χ1v) is 10.2. The summed E-state index contributed by atoms with van der Waals surface area (Å²) in [7, 11) is -2.86. The number of aryl methyl sites for hydroxylation is 2. The summed E-state index contributed by atoms with van der Waals surface area (Å²) in [6, 6.07) is 6.04. The molecule has 2 saturated heterocycles. The van der Waals surface area contributed by atoms with Crippen LogP contribution < -0.4 is 5.32 Å². The van der Waals surface area contributed by atoms with Gasteiger partial charge in [0.05, 0.1) is 11.5 Å². The van der Waals surface area contributed by atoms with Crippen molar-refractivity contribution in [3.8, 4) is 0 Å². The van der Waals surface area contributed by atoms with E-state index in [0.717, 1.165) is 36.3 Å². The summed E-state index contributed by atoms with van der Waals surface area (Å²) in [5.41, 5.74) is 3.07. The molecule has 2 fully saturated rings. The molecule has 0 radical (unpaired) electrons. The summed E-state index contributed by atoms with van der Waals surface area (Å²) in [6.07, 6.45) is 0.719. The van der Waals surface area contributed by atoms with E-state index in [4.69, 9.17) is 0 Å². The zero-order valence-electron chi connectivity index (χ0n) is 14.3. The van der Waals surface area contributed by atoms with Gasteiger partial charge in [-0.3, -0.25) is 4.90 Å². The predicted molar refractivity (Wildman–Crippen MR) is 95.1 cm³/mol. The minimum Gasteiger partial charge on any atom is -0.322 e. The highest BCUT2D eigenvalue weighted by molar-refractivity contribution is 7.91. The summed E-state index contributed by atoms with van der Waals surface area (Å²) >= 11 is 0. The van der Waals surface area contributed by atoms with Gasteiger partial charge in [-0.25, -0.2) is 13.2 Å². The maximum absolute atomic E-state index is 12.4. The number of benzene rings is 1. The molecule has 1 unspecified atom stereocenters. The summed E-state index contributed by atoms with van der Waals surface area (Å²) in [5.74, 6) is 0.562. The molecule has 0 aromatic heterocycles. The number of rotatable bonds is 2. The van der Waals surface area contributed by atoms with Crippen LogP contribution in [0.4, 0.5) is 10.5 Å². The second-order valence-electron chi connectivity index (χ2n) is 6.89. The smallest absolute Gasteiger partial charge is 0.321 e. The van der Waals surface area contributed by atoms with Crippen molar-refractivity contribution in [3.05, 3.63) is 29.3 Å². The van der Waals surface area contributed by atoms with Gasteiger partial charge >= 0.3 is 6.03 Å².